The summed E-state index contributed by atoms with van der Waals surface area (Å²) in [5.41, 5.74) is 1.12. The minimum absolute atomic E-state index is 0.328. The van der Waals surface area contributed by atoms with Gasteiger partial charge in [-0.15, -0.1) is 11.8 Å². The van der Waals surface area contributed by atoms with Crippen LogP contribution in [0.5, 0.6) is 0 Å². The third-order valence-electron chi connectivity index (χ3n) is 4.62. The van der Waals surface area contributed by atoms with Gasteiger partial charge < -0.3 is 19.3 Å². The molecule has 1 N–H and O–H groups in total. The molecule has 0 bridgehead atoms. The molecule has 1 unspecified atom stereocenters. The van der Waals surface area contributed by atoms with Gasteiger partial charge in [-0.25, -0.2) is 4.79 Å². The molecule has 0 spiro atoms. The fraction of sp³-hybridized carbons (Fsp3) is 0.409. The van der Waals surface area contributed by atoms with E-state index in [1.807, 2.05) is 50.2 Å². The van der Waals surface area contributed by atoms with Crippen LogP contribution in [-0.2, 0) is 20.8 Å². The molecule has 3 rings (SSSR count). The lowest BCUT2D eigenvalue weighted by molar-refractivity contribution is -0.210. The summed E-state index contributed by atoms with van der Waals surface area (Å²) < 4.78 is 17.7. The first-order chi connectivity index (χ1) is 13.6. The molecule has 5 atom stereocenters. The highest BCUT2D eigenvalue weighted by Gasteiger charge is 2.46. The molecule has 2 aromatic rings. The summed E-state index contributed by atoms with van der Waals surface area (Å²) in [5, 5.41) is 11.0. The quantitative estimate of drug-likeness (QED) is 0.713. The lowest BCUT2D eigenvalue weighted by Gasteiger charge is -2.42. The SMILES string of the molecule is CCSC1O[C@@H](C)[C@@H](OC(=O)c2ccccc2)[C@@H](O)[C@@H]1OCc1ccccc1. The van der Waals surface area contributed by atoms with Crippen molar-refractivity contribution in [1.29, 1.82) is 0 Å². The van der Waals surface area contributed by atoms with Gasteiger partial charge in [0.25, 0.3) is 0 Å². The predicted molar refractivity (Wildman–Crippen MR) is 109 cm³/mol. The standard InChI is InChI=1S/C22H26O5S/c1-3-28-22-20(25-14-16-10-6-4-7-11-16)18(23)19(15(2)26-22)27-21(24)17-12-8-5-9-13-17/h4-13,15,18-20,22-23H,3,14H2,1-2H3/t15-,18+,19+,20-,22?/m0/s1. The maximum atomic E-state index is 12.5. The molecule has 0 amide bonds. The first kappa shape index (κ1) is 20.9. The maximum Gasteiger partial charge on any atom is 0.338 e. The van der Waals surface area contributed by atoms with E-state index in [0.29, 0.717) is 12.2 Å². The molecule has 6 heteroatoms. The molecule has 0 saturated carbocycles. The van der Waals surface area contributed by atoms with E-state index >= 15 is 0 Å². The second-order valence-electron chi connectivity index (χ2n) is 6.65. The van der Waals surface area contributed by atoms with Crippen molar-refractivity contribution in [2.45, 2.75) is 50.3 Å². The lowest BCUT2D eigenvalue weighted by atomic mass is 10.00. The Bertz CT molecular complexity index is 739. The third kappa shape index (κ3) is 5.14. The summed E-state index contributed by atoms with van der Waals surface area (Å²) in [7, 11) is 0. The van der Waals surface area contributed by atoms with Crippen LogP contribution in [0, 0.1) is 0 Å². The van der Waals surface area contributed by atoms with Crippen molar-refractivity contribution in [2.24, 2.45) is 0 Å². The highest BCUT2D eigenvalue weighted by Crippen LogP contribution is 2.32. The van der Waals surface area contributed by atoms with Crippen LogP contribution in [0.1, 0.15) is 29.8 Å². The van der Waals surface area contributed by atoms with Gasteiger partial charge in [-0.1, -0.05) is 55.5 Å². The minimum Gasteiger partial charge on any atom is -0.453 e. The maximum absolute atomic E-state index is 12.5. The van der Waals surface area contributed by atoms with Crippen molar-refractivity contribution in [2.75, 3.05) is 5.75 Å². The molecule has 1 heterocycles. The molecule has 0 radical (unpaired) electrons. The number of benzene rings is 2. The van der Waals surface area contributed by atoms with Crippen LogP contribution < -0.4 is 0 Å². The van der Waals surface area contributed by atoms with Crippen molar-refractivity contribution in [3.05, 3.63) is 71.8 Å². The monoisotopic (exact) mass is 402 g/mol. The number of carbonyl (C=O) groups excluding carboxylic acids is 1. The Kier molecular flexibility index (Phi) is 7.50. The number of hydrogen-bond acceptors (Lipinski definition) is 6. The molecular weight excluding hydrogens is 376 g/mol. The zero-order valence-electron chi connectivity index (χ0n) is 16.1. The van der Waals surface area contributed by atoms with E-state index < -0.39 is 30.4 Å². The summed E-state index contributed by atoms with van der Waals surface area (Å²) in [6.07, 6.45) is -2.83. The first-order valence-electron chi connectivity index (χ1n) is 9.47. The molecule has 0 aromatic heterocycles. The molecule has 1 fully saturated rings. The van der Waals surface area contributed by atoms with Crippen LogP contribution in [0.3, 0.4) is 0 Å². The second kappa shape index (κ2) is 10.1. The number of aliphatic hydroxyl groups excluding tert-OH is 1. The zero-order chi connectivity index (χ0) is 19.9. The first-order valence-corrected chi connectivity index (χ1v) is 10.5. The largest absolute Gasteiger partial charge is 0.453 e. The van der Waals surface area contributed by atoms with E-state index in [4.69, 9.17) is 14.2 Å². The Morgan fingerprint density at radius 2 is 1.71 bits per heavy atom. The van der Waals surface area contributed by atoms with Crippen LogP contribution in [-0.4, -0.2) is 46.7 Å². The highest BCUT2D eigenvalue weighted by atomic mass is 32.2. The Labute approximate surface area is 170 Å². The van der Waals surface area contributed by atoms with Crippen LogP contribution in [0.25, 0.3) is 0 Å². The number of ether oxygens (including phenoxy) is 3. The molecule has 1 aliphatic rings. The Morgan fingerprint density at radius 3 is 2.36 bits per heavy atom. The van der Waals surface area contributed by atoms with Gasteiger partial charge in [0.15, 0.2) is 6.10 Å². The number of hydrogen-bond donors (Lipinski definition) is 1. The molecular formula is C22H26O5S. The molecule has 1 saturated heterocycles. The molecule has 150 valence electrons. The summed E-state index contributed by atoms with van der Waals surface area (Å²) in [5.74, 6) is 0.340. The molecule has 0 aliphatic carbocycles. The highest BCUT2D eigenvalue weighted by molar-refractivity contribution is 7.99. The van der Waals surface area contributed by atoms with Gasteiger partial charge in [-0.2, -0.15) is 0 Å². The fourth-order valence-corrected chi connectivity index (χ4v) is 4.18. The fourth-order valence-electron chi connectivity index (χ4n) is 3.17. The van der Waals surface area contributed by atoms with E-state index in [0.717, 1.165) is 11.3 Å². The smallest absolute Gasteiger partial charge is 0.338 e. The van der Waals surface area contributed by atoms with E-state index in [9.17, 15) is 9.90 Å². The number of thioether (sulfide) groups is 1. The average molecular weight is 403 g/mol. The molecule has 28 heavy (non-hydrogen) atoms. The number of carbonyl (C=O) groups is 1. The van der Waals surface area contributed by atoms with Crippen LogP contribution in [0.2, 0.25) is 0 Å². The molecule has 2 aromatic carbocycles. The van der Waals surface area contributed by atoms with Gasteiger partial charge in [0.1, 0.15) is 17.6 Å². The van der Waals surface area contributed by atoms with Crippen molar-refractivity contribution in [1.82, 2.24) is 0 Å². The predicted octanol–water partition coefficient (Wildman–Crippen LogP) is 3.66. The van der Waals surface area contributed by atoms with Crippen molar-refractivity contribution in [3.63, 3.8) is 0 Å². The number of rotatable bonds is 7. The summed E-state index contributed by atoms with van der Waals surface area (Å²) >= 11 is 1.57. The van der Waals surface area contributed by atoms with Crippen LogP contribution in [0.4, 0.5) is 0 Å². The van der Waals surface area contributed by atoms with E-state index in [1.165, 1.54) is 0 Å². The second-order valence-corrected chi connectivity index (χ2v) is 8.03. The lowest BCUT2D eigenvalue weighted by Crippen LogP contribution is -2.58. The summed E-state index contributed by atoms with van der Waals surface area (Å²) in [6.45, 7) is 4.18. The molecule has 1 aliphatic heterocycles. The van der Waals surface area contributed by atoms with Crippen molar-refractivity contribution >= 4 is 17.7 Å². The van der Waals surface area contributed by atoms with Gasteiger partial charge in [0, 0.05) is 0 Å². The Hall–Kier alpha value is -1.86. The van der Waals surface area contributed by atoms with E-state index in [2.05, 4.69) is 0 Å². The zero-order valence-corrected chi connectivity index (χ0v) is 16.9. The number of esters is 1. The topological polar surface area (TPSA) is 65.0 Å². The Balaban J connectivity index is 1.71. The Morgan fingerprint density at radius 1 is 1.07 bits per heavy atom. The van der Waals surface area contributed by atoms with Gasteiger partial charge in [0.2, 0.25) is 0 Å². The normalized spacial score (nSPS) is 27.3. The average Bonchev–Trinajstić information content (AvgIpc) is 2.72. The van der Waals surface area contributed by atoms with Crippen molar-refractivity contribution in [3.8, 4) is 0 Å². The van der Waals surface area contributed by atoms with E-state index in [1.54, 1.807) is 36.0 Å². The minimum atomic E-state index is -0.982. The summed E-state index contributed by atoms with van der Waals surface area (Å²) in [6, 6.07) is 18.5. The number of aliphatic hydroxyl groups is 1. The third-order valence-corrected chi connectivity index (χ3v) is 5.66. The van der Waals surface area contributed by atoms with E-state index in [-0.39, 0.29) is 5.44 Å². The van der Waals surface area contributed by atoms with Gasteiger partial charge in [-0.05, 0) is 30.4 Å². The summed E-state index contributed by atoms with van der Waals surface area (Å²) in [4.78, 5) is 12.5. The van der Waals surface area contributed by atoms with Gasteiger partial charge >= 0.3 is 5.97 Å². The van der Waals surface area contributed by atoms with Crippen LogP contribution >= 0.6 is 11.8 Å². The molecule has 5 nitrogen and oxygen atoms in total. The van der Waals surface area contributed by atoms with Crippen molar-refractivity contribution < 1.29 is 24.1 Å². The van der Waals surface area contributed by atoms with Gasteiger partial charge in [0.05, 0.1) is 18.3 Å². The van der Waals surface area contributed by atoms with Crippen LogP contribution in [0.15, 0.2) is 60.7 Å². The van der Waals surface area contributed by atoms with Gasteiger partial charge in [-0.3, -0.25) is 0 Å².